The Morgan fingerprint density at radius 1 is 0.978 bits per heavy atom. The minimum Gasteiger partial charge on any atom is -0.443 e. The maximum atomic E-state index is 14.1. The average molecular weight is 634 g/mol. The largest absolute Gasteiger partial charge is 0.443 e. The molecule has 9 nitrogen and oxygen atoms in total. The SMILES string of the molecule is CCCN(CCC)C(=O)c1cc(C(=O)N[C@@H](Cc2cc(F)cc(F)c2)C(N)COCc2cccc(CC)c2)cc(-c2ncco2)n1. The molecule has 11 heteroatoms. The van der Waals surface area contributed by atoms with Crippen molar-refractivity contribution in [1.29, 1.82) is 0 Å². The van der Waals surface area contributed by atoms with Crippen LogP contribution in [0.25, 0.3) is 11.6 Å². The monoisotopic (exact) mass is 633 g/mol. The lowest BCUT2D eigenvalue weighted by Gasteiger charge is -2.26. The number of nitrogens with two attached hydrogens (primary N) is 1. The Hall–Kier alpha value is -4.48. The highest BCUT2D eigenvalue weighted by atomic mass is 19.1. The molecule has 2 aromatic carbocycles. The topological polar surface area (TPSA) is 124 Å². The summed E-state index contributed by atoms with van der Waals surface area (Å²) in [4.78, 5) is 37.6. The van der Waals surface area contributed by atoms with Gasteiger partial charge in [-0.05, 0) is 66.6 Å². The second-order valence-electron chi connectivity index (χ2n) is 11.2. The van der Waals surface area contributed by atoms with E-state index in [2.05, 4.69) is 28.3 Å². The van der Waals surface area contributed by atoms with E-state index in [1.165, 1.54) is 42.3 Å². The molecule has 0 radical (unpaired) electrons. The minimum absolute atomic E-state index is 0.0283. The highest BCUT2D eigenvalue weighted by molar-refractivity contribution is 5.99. The van der Waals surface area contributed by atoms with Crippen LogP contribution < -0.4 is 11.1 Å². The third-order valence-electron chi connectivity index (χ3n) is 7.42. The summed E-state index contributed by atoms with van der Waals surface area (Å²) in [6, 6.07) is 12.5. The van der Waals surface area contributed by atoms with Crippen LogP contribution in [0.5, 0.6) is 0 Å². The average Bonchev–Trinajstić information content (AvgIpc) is 3.59. The van der Waals surface area contributed by atoms with Crippen molar-refractivity contribution in [3.05, 3.63) is 107 Å². The zero-order valence-electron chi connectivity index (χ0n) is 26.5. The first-order chi connectivity index (χ1) is 22.2. The molecule has 0 saturated carbocycles. The number of ether oxygens (including phenoxy) is 1. The molecule has 0 aliphatic heterocycles. The zero-order chi connectivity index (χ0) is 33.1. The number of nitrogens with one attached hydrogen (secondary N) is 1. The first kappa shape index (κ1) is 34.4. The summed E-state index contributed by atoms with van der Waals surface area (Å²) in [7, 11) is 0. The summed E-state index contributed by atoms with van der Waals surface area (Å²) in [5.41, 5.74) is 9.42. The summed E-state index contributed by atoms with van der Waals surface area (Å²) in [6.07, 6.45) is 5.24. The zero-order valence-corrected chi connectivity index (χ0v) is 26.5. The number of oxazole rings is 1. The van der Waals surface area contributed by atoms with Gasteiger partial charge in [0.05, 0.1) is 25.5 Å². The number of aromatic nitrogens is 2. The Bertz CT molecular complexity index is 1570. The molecular weight excluding hydrogens is 592 g/mol. The van der Waals surface area contributed by atoms with Crippen LogP contribution in [-0.4, -0.2) is 58.5 Å². The van der Waals surface area contributed by atoms with E-state index in [9.17, 15) is 18.4 Å². The lowest BCUT2D eigenvalue weighted by molar-refractivity contribution is 0.0749. The maximum Gasteiger partial charge on any atom is 0.272 e. The van der Waals surface area contributed by atoms with Crippen LogP contribution in [0.2, 0.25) is 0 Å². The molecule has 0 spiro atoms. The molecule has 2 atom stereocenters. The molecule has 4 rings (SSSR count). The Morgan fingerprint density at radius 3 is 2.35 bits per heavy atom. The van der Waals surface area contributed by atoms with Gasteiger partial charge in [-0.25, -0.2) is 18.7 Å². The van der Waals surface area contributed by atoms with Gasteiger partial charge in [-0.3, -0.25) is 9.59 Å². The van der Waals surface area contributed by atoms with E-state index in [-0.39, 0.29) is 41.8 Å². The summed E-state index contributed by atoms with van der Waals surface area (Å²) in [5.74, 6) is -2.22. The lowest BCUT2D eigenvalue weighted by atomic mass is 9.99. The molecule has 2 heterocycles. The molecule has 3 N–H and O–H groups in total. The number of aryl methyl sites for hydroxylation is 1. The van der Waals surface area contributed by atoms with Crippen LogP contribution >= 0.6 is 0 Å². The molecule has 0 bridgehead atoms. The van der Waals surface area contributed by atoms with E-state index in [0.717, 1.165) is 30.9 Å². The standard InChI is InChI=1S/C35H41F2N5O4/c1-4-11-42(12-5-2)35(44)32-19-26(18-31(40-32)34-39-10-13-46-34)33(43)41-30(17-25-15-27(36)20-28(37)16-25)29(38)22-45-21-24-9-7-8-23(6-3)14-24/h7-10,13-16,18-20,29-30H,4-6,11-12,17,21-22,38H2,1-3H3,(H,41,43)/t29?,30-/m0/s1. The van der Waals surface area contributed by atoms with Gasteiger partial charge in [0, 0.05) is 30.8 Å². The number of amides is 2. The van der Waals surface area contributed by atoms with Crippen molar-refractivity contribution < 1.29 is 27.5 Å². The molecule has 0 fully saturated rings. The van der Waals surface area contributed by atoms with Crippen LogP contribution in [-0.2, 0) is 24.2 Å². The van der Waals surface area contributed by atoms with E-state index < -0.39 is 29.6 Å². The molecular formula is C35H41F2N5O4. The third kappa shape index (κ3) is 9.51. The molecule has 46 heavy (non-hydrogen) atoms. The van der Waals surface area contributed by atoms with Gasteiger partial charge in [0.1, 0.15) is 29.3 Å². The summed E-state index contributed by atoms with van der Waals surface area (Å²) in [5, 5.41) is 2.91. The van der Waals surface area contributed by atoms with Crippen LogP contribution in [0.1, 0.15) is 71.1 Å². The Labute approximate surface area is 268 Å². The van der Waals surface area contributed by atoms with E-state index in [1.54, 1.807) is 4.90 Å². The van der Waals surface area contributed by atoms with Crippen LogP contribution in [0.3, 0.4) is 0 Å². The van der Waals surface area contributed by atoms with Crippen molar-refractivity contribution in [2.24, 2.45) is 5.73 Å². The van der Waals surface area contributed by atoms with Crippen molar-refractivity contribution in [1.82, 2.24) is 20.2 Å². The Balaban J connectivity index is 1.60. The van der Waals surface area contributed by atoms with Gasteiger partial charge in [0.2, 0.25) is 5.89 Å². The van der Waals surface area contributed by atoms with Crippen molar-refractivity contribution >= 4 is 11.8 Å². The lowest BCUT2D eigenvalue weighted by Crippen LogP contribution is -2.51. The summed E-state index contributed by atoms with van der Waals surface area (Å²) < 4.78 is 39.5. The molecule has 1 unspecified atom stereocenters. The molecule has 244 valence electrons. The fourth-order valence-corrected chi connectivity index (χ4v) is 5.16. The Morgan fingerprint density at radius 2 is 1.70 bits per heavy atom. The molecule has 0 aliphatic rings. The fourth-order valence-electron chi connectivity index (χ4n) is 5.16. The second-order valence-corrected chi connectivity index (χ2v) is 11.2. The quantitative estimate of drug-likeness (QED) is 0.162. The predicted molar refractivity (Wildman–Crippen MR) is 171 cm³/mol. The summed E-state index contributed by atoms with van der Waals surface area (Å²) >= 11 is 0. The number of hydrogen-bond donors (Lipinski definition) is 2. The van der Waals surface area contributed by atoms with Crippen LogP contribution in [0, 0.1) is 11.6 Å². The van der Waals surface area contributed by atoms with Gasteiger partial charge in [-0.2, -0.15) is 0 Å². The molecule has 0 saturated heterocycles. The van der Waals surface area contributed by atoms with E-state index >= 15 is 0 Å². The number of nitrogens with zero attached hydrogens (tertiary/aromatic N) is 3. The van der Waals surface area contributed by atoms with Gasteiger partial charge in [0.15, 0.2) is 0 Å². The molecule has 2 aromatic heterocycles. The number of benzene rings is 2. The smallest absolute Gasteiger partial charge is 0.272 e. The first-order valence-electron chi connectivity index (χ1n) is 15.6. The predicted octanol–water partition coefficient (Wildman–Crippen LogP) is 5.72. The first-order valence-corrected chi connectivity index (χ1v) is 15.6. The number of hydrogen-bond acceptors (Lipinski definition) is 7. The van der Waals surface area contributed by atoms with Gasteiger partial charge in [0.25, 0.3) is 11.8 Å². The number of pyridine rings is 1. The normalized spacial score (nSPS) is 12.5. The molecule has 2 amide bonds. The number of carbonyl (C=O) groups excluding carboxylic acids is 2. The molecule has 0 aliphatic carbocycles. The highest BCUT2D eigenvalue weighted by Gasteiger charge is 2.25. The van der Waals surface area contributed by atoms with Gasteiger partial charge >= 0.3 is 0 Å². The van der Waals surface area contributed by atoms with Crippen molar-refractivity contribution in [3.8, 4) is 11.6 Å². The Kier molecular flexibility index (Phi) is 12.5. The van der Waals surface area contributed by atoms with E-state index in [1.807, 2.05) is 32.0 Å². The minimum atomic E-state index is -0.787. The van der Waals surface area contributed by atoms with Gasteiger partial charge in [-0.15, -0.1) is 0 Å². The van der Waals surface area contributed by atoms with Crippen molar-refractivity contribution in [2.75, 3.05) is 19.7 Å². The number of carbonyl (C=O) groups is 2. The summed E-state index contributed by atoms with van der Waals surface area (Å²) in [6.45, 7) is 7.45. The molecule has 4 aromatic rings. The van der Waals surface area contributed by atoms with Crippen LogP contribution in [0.15, 0.2) is 71.5 Å². The van der Waals surface area contributed by atoms with Gasteiger partial charge < -0.3 is 25.1 Å². The number of rotatable bonds is 16. The van der Waals surface area contributed by atoms with Gasteiger partial charge in [-0.1, -0.05) is 45.0 Å². The van der Waals surface area contributed by atoms with Crippen molar-refractivity contribution in [2.45, 2.75) is 65.1 Å². The second kappa shape index (κ2) is 16.7. The number of halogens is 2. The highest BCUT2D eigenvalue weighted by Crippen LogP contribution is 2.20. The third-order valence-corrected chi connectivity index (χ3v) is 7.42. The fraction of sp³-hybridized carbons (Fsp3) is 0.371. The van der Waals surface area contributed by atoms with E-state index in [0.29, 0.717) is 25.3 Å². The van der Waals surface area contributed by atoms with Crippen LogP contribution in [0.4, 0.5) is 8.78 Å². The van der Waals surface area contributed by atoms with E-state index in [4.69, 9.17) is 14.9 Å². The maximum absolute atomic E-state index is 14.1. The van der Waals surface area contributed by atoms with Crippen molar-refractivity contribution in [3.63, 3.8) is 0 Å².